The fourth-order valence-corrected chi connectivity index (χ4v) is 2.99. The molecule has 0 aliphatic rings. The highest BCUT2D eigenvalue weighted by Gasteiger charge is 2.14. The van der Waals surface area contributed by atoms with Gasteiger partial charge in [0.15, 0.2) is 0 Å². The van der Waals surface area contributed by atoms with Crippen LogP contribution in [-0.4, -0.2) is 23.4 Å². The summed E-state index contributed by atoms with van der Waals surface area (Å²) in [5, 5.41) is 0. The molecule has 0 atom stereocenters. The predicted octanol–water partition coefficient (Wildman–Crippen LogP) is 2.40. The van der Waals surface area contributed by atoms with E-state index in [1.165, 1.54) is 49.1 Å². The van der Waals surface area contributed by atoms with Crippen molar-refractivity contribution in [3.63, 3.8) is 0 Å². The third-order valence-electron chi connectivity index (χ3n) is 3.18. The highest BCUT2D eigenvalue weighted by Crippen LogP contribution is 2.14. The van der Waals surface area contributed by atoms with Crippen LogP contribution in [-0.2, 0) is 16.4 Å². The van der Waals surface area contributed by atoms with Gasteiger partial charge in [0.05, 0.1) is 18.1 Å². The van der Waals surface area contributed by atoms with Gasteiger partial charge in [-0.15, -0.1) is 0 Å². The third kappa shape index (κ3) is 3.90. The summed E-state index contributed by atoms with van der Waals surface area (Å²) in [4.78, 5) is 12.1. The maximum Gasteiger partial charge on any atom is 0.263 e. The topological polar surface area (TPSA) is 84.8 Å². The Morgan fingerprint density at radius 2 is 1.71 bits per heavy atom. The van der Waals surface area contributed by atoms with Gasteiger partial charge in [-0.1, -0.05) is 12.1 Å². The van der Waals surface area contributed by atoms with Crippen molar-refractivity contribution in [3.8, 4) is 0 Å². The second kappa shape index (κ2) is 6.71. The van der Waals surface area contributed by atoms with Gasteiger partial charge in [-0.3, -0.25) is 9.71 Å². The smallest absolute Gasteiger partial charge is 0.263 e. The molecule has 0 saturated carbocycles. The molecule has 0 unspecified atom stereocenters. The number of halogens is 1. The molecule has 0 spiro atoms. The Balaban J connectivity index is 1.72. The van der Waals surface area contributed by atoms with Gasteiger partial charge < -0.3 is 0 Å². The minimum atomic E-state index is -3.72. The molecule has 0 bridgehead atoms. The van der Waals surface area contributed by atoms with Crippen molar-refractivity contribution >= 4 is 15.7 Å². The molecule has 8 heteroatoms. The lowest BCUT2D eigenvalue weighted by Crippen LogP contribution is -2.13. The Hall–Kier alpha value is -2.87. The maximum atomic E-state index is 12.9. The van der Waals surface area contributed by atoms with Crippen LogP contribution in [0.2, 0.25) is 0 Å². The zero-order chi connectivity index (χ0) is 17.0. The van der Waals surface area contributed by atoms with Crippen molar-refractivity contribution in [3.05, 3.63) is 78.4 Å². The minimum Gasteiger partial charge on any atom is -0.276 e. The van der Waals surface area contributed by atoms with Gasteiger partial charge in [-0.25, -0.2) is 22.8 Å². The Kier molecular flexibility index (Phi) is 4.48. The zero-order valence-electron chi connectivity index (χ0n) is 12.4. The lowest BCUT2D eigenvalue weighted by atomic mass is 10.1. The molecule has 1 aromatic carbocycles. The molecule has 0 fully saturated rings. The number of aromatic nitrogens is 3. The molecule has 1 N–H and O–H groups in total. The van der Waals surface area contributed by atoms with Crippen LogP contribution in [0.3, 0.4) is 0 Å². The molecule has 0 aliphatic carbocycles. The molecule has 3 rings (SSSR count). The molecule has 24 heavy (non-hydrogen) atoms. The fourth-order valence-electron chi connectivity index (χ4n) is 2.00. The van der Waals surface area contributed by atoms with E-state index >= 15 is 0 Å². The van der Waals surface area contributed by atoms with Crippen LogP contribution in [0.1, 0.15) is 11.4 Å². The van der Waals surface area contributed by atoms with Crippen LogP contribution >= 0.6 is 0 Å². The number of hydrogen-bond donors (Lipinski definition) is 1. The first kappa shape index (κ1) is 16.0. The first-order valence-corrected chi connectivity index (χ1v) is 8.49. The van der Waals surface area contributed by atoms with Crippen LogP contribution in [0.25, 0.3) is 0 Å². The van der Waals surface area contributed by atoms with Crippen LogP contribution in [0.15, 0.2) is 66.1 Å². The van der Waals surface area contributed by atoms with Crippen molar-refractivity contribution < 1.29 is 12.8 Å². The highest BCUT2D eigenvalue weighted by atomic mass is 32.2. The molecular formula is C16H13FN4O2S. The first-order chi connectivity index (χ1) is 11.5. The minimum absolute atomic E-state index is 0.0559. The van der Waals surface area contributed by atoms with Crippen molar-refractivity contribution in [2.45, 2.75) is 11.3 Å². The quantitative estimate of drug-likeness (QED) is 0.768. The molecule has 0 saturated heterocycles. The second-order valence-corrected chi connectivity index (χ2v) is 6.67. The van der Waals surface area contributed by atoms with Crippen molar-refractivity contribution in [2.75, 3.05) is 4.72 Å². The lowest BCUT2D eigenvalue weighted by molar-refractivity contribution is 0.600. The summed E-state index contributed by atoms with van der Waals surface area (Å²) in [5.41, 5.74) is 1.11. The summed E-state index contributed by atoms with van der Waals surface area (Å²) in [5.74, 6) is 0.200. The molecule has 3 aromatic rings. The number of pyridine rings is 1. The summed E-state index contributed by atoms with van der Waals surface area (Å²) in [7, 11) is -3.72. The Morgan fingerprint density at radius 1 is 1.00 bits per heavy atom. The number of benzene rings is 1. The van der Waals surface area contributed by atoms with Crippen molar-refractivity contribution in [1.82, 2.24) is 15.0 Å². The Morgan fingerprint density at radius 3 is 2.33 bits per heavy atom. The van der Waals surface area contributed by atoms with Crippen molar-refractivity contribution in [2.24, 2.45) is 0 Å². The van der Waals surface area contributed by atoms with Gasteiger partial charge in [0.1, 0.15) is 16.5 Å². The van der Waals surface area contributed by atoms with E-state index in [0.717, 1.165) is 5.56 Å². The van der Waals surface area contributed by atoms with Crippen LogP contribution in [0.5, 0.6) is 0 Å². The normalized spacial score (nSPS) is 11.2. The van der Waals surface area contributed by atoms with Crippen molar-refractivity contribution in [1.29, 1.82) is 0 Å². The average Bonchev–Trinajstić information content (AvgIpc) is 2.59. The molecular weight excluding hydrogens is 331 g/mol. The van der Waals surface area contributed by atoms with E-state index in [-0.39, 0.29) is 16.4 Å². The molecule has 6 nitrogen and oxygen atoms in total. The largest absolute Gasteiger partial charge is 0.276 e. The Bertz CT molecular complexity index is 915. The molecule has 122 valence electrons. The number of anilines is 1. The monoisotopic (exact) mass is 344 g/mol. The summed E-state index contributed by atoms with van der Waals surface area (Å²) in [6, 6.07) is 9.02. The van der Waals surface area contributed by atoms with Gasteiger partial charge in [0.25, 0.3) is 10.0 Å². The van der Waals surface area contributed by atoms with E-state index in [1.807, 2.05) is 0 Å². The average molecular weight is 344 g/mol. The Labute approximate surface area is 138 Å². The van der Waals surface area contributed by atoms with E-state index in [9.17, 15) is 12.8 Å². The molecule has 0 radical (unpaired) electrons. The lowest BCUT2D eigenvalue weighted by Gasteiger charge is -2.07. The van der Waals surface area contributed by atoms with E-state index in [1.54, 1.807) is 12.1 Å². The van der Waals surface area contributed by atoms with Crippen LogP contribution in [0.4, 0.5) is 10.1 Å². The first-order valence-electron chi connectivity index (χ1n) is 7.01. The number of nitrogens with zero attached hydrogens (tertiary/aromatic N) is 3. The SMILES string of the molecule is O=S(=O)(Nc1cnc(Cc2ccc(F)cc2)nc1)c1cccnc1. The van der Waals surface area contributed by atoms with Gasteiger partial charge in [-0.2, -0.15) is 0 Å². The zero-order valence-corrected chi connectivity index (χ0v) is 13.2. The fraction of sp³-hybridized carbons (Fsp3) is 0.0625. The highest BCUT2D eigenvalue weighted by molar-refractivity contribution is 7.92. The second-order valence-electron chi connectivity index (χ2n) is 4.99. The standard InChI is InChI=1S/C16H13FN4O2S/c17-13-5-3-12(4-6-13)8-16-19-9-14(10-20-16)21-24(22,23)15-2-1-7-18-11-15/h1-7,9-11,21H,8H2. The predicted molar refractivity (Wildman–Crippen MR) is 86.3 cm³/mol. The number of nitrogens with one attached hydrogen (secondary N) is 1. The van der Waals surface area contributed by atoms with E-state index < -0.39 is 10.0 Å². The van der Waals surface area contributed by atoms with Gasteiger partial charge in [-0.05, 0) is 29.8 Å². The maximum absolute atomic E-state index is 12.9. The summed E-state index contributed by atoms with van der Waals surface area (Å²) >= 11 is 0. The summed E-state index contributed by atoms with van der Waals surface area (Å²) in [6.45, 7) is 0. The van der Waals surface area contributed by atoms with E-state index in [4.69, 9.17) is 0 Å². The molecule has 0 aliphatic heterocycles. The third-order valence-corrected chi connectivity index (χ3v) is 4.54. The molecule has 0 amide bonds. The van der Waals surface area contributed by atoms with Gasteiger partial charge in [0.2, 0.25) is 0 Å². The summed E-state index contributed by atoms with van der Waals surface area (Å²) < 4.78 is 39.6. The van der Waals surface area contributed by atoms with Crippen LogP contribution < -0.4 is 4.72 Å². The number of rotatable bonds is 5. The van der Waals surface area contributed by atoms with Gasteiger partial charge in [0, 0.05) is 18.8 Å². The van der Waals surface area contributed by atoms with E-state index in [2.05, 4.69) is 19.7 Å². The summed E-state index contributed by atoms with van der Waals surface area (Å²) in [6.07, 6.45) is 5.95. The molecule has 2 heterocycles. The number of hydrogen-bond acceptors (Lipinski definition) is 5. The molecule has 2 aromatic heterocycles. The number of sulfonamides is 1. The van der Waals surface area contributed by atoms with Gasteiger partial charge >= 0.3 is 0 Å². The van der Waals surface area contributed by atoms with E-state index in [0.29, 0.717) is 12.2 Å². The van der Waals surface area contributed by atoms with Crippen LogP contribution in [0, 0.1) is 5.82 Å².